The van der Waals surface area contributed by atoms with Crippen LogP contribution in [0.1, 0.15) is 35.4 Å². The first kappa shape index (κ1) is 17.0. The van der Waals surface area contributed by atoms with Gasteiger partial charge in [-0.25, -0.2) is 0 Å². The number of piperazine rings is 1. The second-order valence-corrected chi connectivity index (χ2v) is 7.56. The Balaban J connectivity index is 1.33. The van der Waals surface area contributed by atoms with Crippen LogP contribution >= 0.6 is 0 Å². The van der Waals surface area contributed by atoms with E-state index in [2.05, 4.69) is 21.9 Å². The third kappa shape index (κ3) is 3.88. The number of carbonyl (C=O) groups is 1. The highest BCUT2D eigenvalue weighted by Crippen LogP contribution is 2.17. The number of rotatable bonds is 3. The molecule has 1 amide bonds. The predicted octanol–water partition coefficient (Wildman–Crippen LogP) is 0.655. The minimum atomic E-state index is 0.0833. The summed E-state index contributed by atoms with van der Waals surface area (Å²) in [6.45, 7) is 8.21. The van der Waals surface area contributed by atoms with Gasteiger partial charge < -0.3 is 14.5 Å². The van der Waals surface area contributed by atoms with E-state index in [4.69, 9.17) is 4.74 Å². The van der Waals surface area contributed by atoms with Crippen LogP contribution in [0.5, 0.6) is 0 Å². The van der Waals surface area contributed by atoms with Crippen LogP contribution in [0.3, 0.4) is 0 Å². The van der Waals surface area contributed by atoms with Gasteiger partial charge in [0.25, 0.3) is 5.91 Å². The largest absolute Gasteiger partial charge is 0.377 e. The number of nitrogens with zero attached hydrogens (tertiary/aromatic N) is 5. The summed E-state index contributed by atoms with van der Waals surface area (Å²) < 4.78 is 7.74. The molecule has 1 aromatic heterocycles. The zero-order valence-corrected chi connectivity index (χ0v) is 15.2. The highest BCUT2D eigenvalue weighted by molar-refractivity contribution is 5.92. The Morgan fingerprint density at radius 3 is 2.80 bits per heavy atom. The maximum Gasteiger partial charge on any atom is 0.274 e. The van der Waals surface area contributed by atoms with Crippen LogP contribution in [0.25, 0.3) is 0 Å². The molecule has 25 heavy (non-hydrogen) atoms. The number of carbonyl (C=O) groups excluding carboxylic acids is 1. The summed E-state index contributed by atoms with van der Waals surface area (Å²) in [5, 5.41) is 4.59. The van der Waals surface area contributed by atoms with E-state index in [-0.39, 0.29) is 5.91 Å². The minimum Gasteiger partial charge on any atom is -0.377 e. The van der Waals surface area contributed by atoms with E-state index in [0.717, 1.165) is 71.1 Å². The summed E-state index contributed by atoms with van der Waals surface area (Å²) >= 11 is 0. The molecule has 2 fully saturated rings. The molecule has 0 aliphatic carbocycles. The van der Waals surface area contributed by atoms with E-state index in [1.165, 1.54) is 12.8 Å². The highest BCUT2D eigenvalue weighted by Gasteiger charge is 2.27. The smallest absolute Gasteiger partial charge is 0.274 e. The molecule has 1 atom stereocenters. The van der Waals surface area contributed by atoms with Gasteiger partial charge in [-0.3, -0.25) is 14.4 Å². The molecule has 2 saturated heterocycles. The standard InChI is InChI=1S/C18H29N5O2/c1-20-5-3-6-23-15(13-20)12-17(19-23)18(24)22-9-7-21(8-10-22)14-16-4-2-11-25-16/h12,16H,2-11,13-14H2,1H3/t16-/m1/s1. The van der Waals surface area contributed by atoms with Crippen molar-refractivity contribution in [2.45, 2.75) is 38.5 Å². The van der Waals surface area contributed by atoms with Gasteiger partial charge in [-0.1, -0.05) is 0 Å². The second-order valence-electron chi connectivity index (χ2n) is 7.56. The predicted molar refractivity (Wildman–Crippen MR) is 94.5 cm³/mol. The lowest BCUT2D eigenvalue weighted by atomic mass is 10.2. The summed E-state index contributed by atoms with van der Waals surface area (Å²) in [5.74, 6) is 0.0833. The molecule has 4 rings (SSSR count). The van der Waals surface area contributed by atoms with Crippen LogP contribution in [0, 0.1) is 0 Å². The van der Waals surface area contributed by atoms with Gasteiger partial charge in [0.15, 0.2) is 5.69 Å². The number of amides is 1. The number of aromatic nitrogens is 2. The highest BCUT2D eigenvalue weighted by atomic mass is 16.5. The van der Waals surface area contributed by atoms with Crippen LogP contribution in [0.15, 0.2) is 6.07 Å². The summed E-state index contributed by atoms with van der Waals surface area (Å²) in [4.78, 5) is 19.5. The van der Waals surface area contributed by atoms with Gasteiger partial charge in [-0.15, -0.1) is 0 Å². The van der Waals surface area contributed by atoms with Crippen molar-refractivity contribution < 1.29 is 9.53 Å². The van der Waals surface area contributed by atoms with Crippen molar-refractivity contribution in [1.29, 1.82) is 0 Å². The molecule has 0 spiro atoms. The molecule has 0 bridgehead atoms. The topological polar surface area (TPSA) is 53.8 Å². The Kier molecular flexibility index (Phi) is 5.05. The van der Waals surface area contributed by atoms with E-state index in [0.29, 0.717) is 11.8 Å². The zero-order chi connectivity index (χ0) is 17.2. The molecule has 3 aliphatic rings. The fourth-order valence-corrected chi connectivity index (χ4v) is 4.10. The van der Waals surface area contributed by atoms with Gasteiger partial charge in [0.2, 0.25) is 0 Å². The molecule has 138 valence electrons. The van der Waals surface area contributed by atoms with Gasteiger partial charge in [0, 0.05) is 59.0 Å². The Morgan fingerprint density at radius 1 is 1.20 bits per heavy atom. The Labute approximate surface area is 149 Å². The van der Waals surface area contributed by atoms with E-state index in [9.17, 15) is 4.79 Å². The average molecular weight is 347 g/mol. The normalized spacial score (nSPS) is 25.8. The molecule has 7 heteroatoms. The van der Waals surface area contributed by atoms with Crippen molar-refractivity contribution in [1.82, 2.24) is 24.5 Å². The molecule has 1 aromatic rings. The molecule has 7 nitrogen and oxygen atoms in total. The molecule has 0 radical (unpaired) electrons. The fourth-order valence-electron chi connectivity index (χ4n) is 4.10. The molecular formula is C18H29N5O2. The maximum absolute atomic E-state index is 12.8. The van der Waals surface area contributed by atoms with Crippen molar-refractivity contribution in [3.63, 3.8) is 0 Å². The van der Waals surface area contributed by atoms with Crippen molar-refractivity contribution in [2.75, 3.05) is 52.9 Å². The lowest BCUT2D eigenvalue weighted by molar-refractivity contribution is 0.0429. The first-order chi connectivity index (χ1) is 12.2. The summed E-state index contributed by atoms with van der Waals surface area (Å²) in [5.41, 5.74) is 1.76. The third-order valence-electron chi connectivity index (χ3n) is 5.57. The molecule has 0 saturated carbocycles. The third-order valence-corrected chi connectivity index (χ3v) is 5.57. The first-order valence-electron chi connectivity index (χ1n) is 9.57. The van der Waals surface area contributed by atoms with Gasteiger partial charge in [0.1, 0.15) is 0 Å². The minimum absolute atomic E-state index is 0.0833. The second kappa shape index (κ2) is 7.43. The molecule has 0 aromatic carbocycles. The average Bonchev–Trinajstić information content (AvgIpc) is 3.22. The monoisotopic (exact) mass is 347 g/mol. The quantitative estimate of drug-likeness (QED) is 0.804. The van der Waals surface area contributed by atoms with Crippen molar-refractivity contribution in [3.05, 3.63) is 17.5 Å². The first-order valence-corrected chi connectivity index (χ1v) is 9.57. The van der Waals surface area contributed by atoms with Gasteiger partial charge >= 0.3 is 0 Å². The van der Waals surface area contributed by atoms with Gasteiger partial charge in [-0.2, -0.15) is 5.10 Å². The molecule has 3 aliphatic heterocycles. The summed E-state index contributed by atoms with van der Waals surface area (Å²) in [6.07, 6.45) is 3.83. The van der Waals surface area contributed by atoms with Crippen LogP contribution in [0.4, 0.5) is 0 Å². The van der Waals surface area contributed by atoms with Gasteiger partial charge in [0.05, 0.1) is 11.8 Å². The van der Waals surface area contributed by atoms with E-state index >= 15 is 0 Å². The van der Waals surface area contributed by atoms with Crippen LogP contribution in [-0.2, 0) is 17.8 Å². The SMILES string of the molecule is CN1CCCn2nc(C(=O)N3CCN(C[C@H]4CCCO4)CC3)cc2C1. The van der Waals surface area contributed by atoms with Crippen LogP contribution in [0.2, 0.25) is 0 Å². The lowest BCUT2D eigenvalue weighted by Crippen LogP contribution is -2.50. The summed E-state index contributed by atoms with van der Waals surface area (Å²) in [6, 6.07) is 1.99. The molecular weight excluding hydrogens is 318 g/mol. The summed E-state index contributed by atoms with van der Waals surface area (Å²) in [7, 11) is 2.12. The van der Waals surface area contributed by atoms with Gasteiger partial charge in [-0.05, 0) is 32.4 Å². The van der Waals surface area contributed by atoms with Crippen molar-refractivity contribution in [3.8, 4) is 0 Å². The fraction of sp³-hybridized carbons (Fsp3) is 0.778. The number of ether oxygens (including phenoxy) is 1. The van der Waals surface area contributed by atoms with Crippen LogP contribution < -0.4 is 0 Å². The zero-order valence-electron chi connectivity index (χ0n) is 15.2. The van der Waals surface area contributed by atoms with E-state index in [1.807, 2.05) is 15.6 Å². The molecule has 0 N–H and O–H groups in total. The Morgan fingerprint density at radius 2 is 2.04 bits per heavy atom. The number of fused-ring (bicyclic) bond motifs is 1. The van der Waals surface area contributed by atoms with Crippen molar-refractivity contribution in [2.24, 2.45) is 0 Å². The maximum atomic E-state index is 12.8. The van der Waals surface area contributed by atoms with E-state index < -0.39 is 0 Å². The van der Waals surface area contributed by atoms with Crippen LogP contribution in [-0.4, -0.2) is 89.4 Å². The lowest BCUT2D eigenvalue weighted by Gasteiger charge is -2.35. The Bertz CT molecular complexity index is 603. The van der Waals surface area contributed by atoms with E-state index in [1.54, 1.807) is 0 Å². The number of aryl methyl sites for hydroxylation is 1. The number of hydrogen-bond donors (Lipinski definition) is 0. The molecule has 4 heterocycles. The number of hydrogen-bond acceptors (Lipinski definition) is 5. The Hall–Kier alpha value is -1.44. The van der Waals surface area contributed by atoms with Crippen molar-refractivity contribution >= 4 is 5.91 Å². The molecule has 0 unspecified atom stereocenters.